The van der Waals surface area contributed by atoms with Crippen molar-refractivity contribution in [3.05, 3.63) is 65.0 Å². The van der Waals surface area contributed by atoms with E-state index in [2.05, 4.69) is 15.3 Å². The third kappa shape index (κ3) is 4.21. The lowest BCUT2D eigenvalue weighted by molar-refractivity contribution is -0.385. The zero-order chi connectivity index (χ0) is 19.2. The van der Waals surface area contributed by atoms with Gasteiger partial charge >= 0.3 is 11.6 Å². The highest BCUT2D eigenvalue weighted by Crippen LogP contribution is 2.36. The van der Waals surface area contributed by atoms with E-state index in [4.69, 9.17) is 14.2 Å². The number of nitrogens with one attached hydrogen (secondary N) is 1. The highest BCUT2D eigenvalue weighted by molar-refractivity contribution is 5.69. The van der Waals surface area contributed by atoms with E-state index in [-0.39, 0.29) is 17.4 Å². The predicted octanol–water partition coefficient (Wildman–Crippen LogP) is 3.94. The van der Waals surface area contributed by atoms with Crippen molar-refractivity contribution in [2.75, 3.05) is 19.5 Å². The van der Waals surface area contributed by atoms with Gasteiger partial charge in [0, 0.05) is 11.8 Å². The van der Waals surface area contributed by atoms with Crippen LogP contribution in [0.2, 0.25) is 0 Å². The maximum atomic E-state index is 11.6. The van der Waals surface area contributed by atoms with Gasteiger partial charge in [-0.3, -0.25) is 10.1 Å². The Balaban J connectivity index is 1.92. The zero-order valence-corrected chi connectivity index (χ0v) is 14.6. The molecule has 1 N–H and O–H groups in total. The SMILES string of the molecule is COc1ccc(Oc2ncnc(Nc3cccc(OC)c3)c2[N+](=O)[O-])cc1. The molecule has 3 aromatic rings. The van der Waals surface area contributed by atoms with Crippen LogP contribution < -0.4 is 19.5 Å². The number of nitro groups is 1. The van der Waals surface area contributed by atoms with Crippen LogP contribution in [0, 0.1) is 10.1 Å². The lowest BCUT2D eigenvalue weighted by atomic mass is 10.3. The molecule has 0 radical (unpaired) electrons. The third-order valence-electron chi connectivity index (χ3n) is 3.58. The molecule has 3 rings (SSSR count). The Hall–Kier alpha value is -3.88. The van der Waals surface area contributed by atoms with Crippen LogP contribution in [0.4, 0.5) is 17.2 Å². The van der Waals surface area contributed by atoms with Crippen molar-refractivity contribution >= 4 is 17.2 Å². The molecule has 9 heteroatoms. The van der Waals surface area contributed by atoms with E-state index in [0.717, 1.165) is 0 Å². The molecule has 0 bridgehead atoms. The van der Waals surface area contributed by atoms with Crippen LogP contribution in [-0.4, -0.2) is 29.1 Å². The second-order valence-electron chi connectivity index (χ2n) is 5.27. The summed E-state index contributed by atoms with van der Waals surface area (Å²) in [5, 5.41) is 14.5. The van der Waals surface area contributed by atoms with Crippen LogP contribution in [0.3, 0.4) is 0 Å². The summed E-state index contributed by atoms with van der Waals surface area (Å²) in [5.41, 5.74) is 0.197. The number of methoxy groups -OCH3 is 2. The number of ether oxygens (including phenoxy) is 3. The van der Waals surface area contributed by atoms with Gasteiger partial charge in [0.15, 0.2) is 0 Å². The van der Waals surface area contributed by atoms with Gasteiger partial charge in [-0.2, -0.15) is 4.98 Å². The summed E-state index contributed by atoms with van der Waals surface area (Å²) in [7, 11) is 3.08. The van der Waals surface area contributed by atoms with E-state index in [0.29, 0.717) is 22.9 Å². The Morgan fingerprint density at radius 3 is 2.33 bits per heavy atom. The van der Waals surface area contributed by atoms with E-state index >= 15 is 0 Å². The first-order valence-electron chi connectivity index (χ1n) is 7.83. The van der Waals surface area contributed by atoms with Crippen LogP contribution in [0.5, 0.6) is 23.1 Å². The highest BCUT2D eigenvalue weighted by Gasteiger charge is 2.25. The van der Waals surface area contributed by atoms with E-state index in [1.54, 1.807) is 55.6 Å². The van der Waals surface area contributed by atoms with Gasteiger partial charge in [-0.05, 0) is 36.4 Å². The van der Waals surface area contributed by atoms with Crippen molar-refractivity contribution in [1.82, 2.24) is 9.97 Å². The van der Waals surface area contributed by atoms with Crippen LogP contribution in [0.25, 0.3) is 0 Å². The molecular weight excluding hydrogens is 352 g/mol. The predicted molar refractivity (Wildman–Crippen MR) is 98.0 cm³/mol. The van der Waals surface area contributed by atoms with Crippen molar-refractivity contribution in [3.8, 4) is 23.1 Å². The monoisotopic (exact) mass is 368 g/mol. The fourth-order valence-electron chi connectivity index (χ4n) is 2.29. The molecule has 0 aliphatic heterocycles. The van der Waals surface area contributed by atoms with Gasteiger partial charge in [-0.1, -0.05) is 6.07 Å². The second kappa shape index (κ2) is 8.00. The minimum atomic E-state index is -0.596. The van der Waals surface area contributed by atoms with Crippen molar-refractivity contribution in [2.45, 2.75) is 0 Å². The van der Waals surface area contributed by atoms with Crippen LogP contribution in [0.15, 0.2) is 54.9 Å². The molecule has 0 amide bonds. The first kappa shape index (κ1) is 17.9. The average Bonchev–Trinajstić information content (AvgIpc) is 2.68. The van der Waals surface area contributed by atoms with Gasteiger partial charge in [0.1, 0.15) is 23.6 Å². The quantitative estimate of drug-likeness (QED) is 0.493. The number of benzene rings is 2. The summed E-state index contributed by atoms with van der Waals surface area (Å²) in [4.78, 5) is 18.9. The molecule has 0 saturated carbocycles. The Bertz CT molecular complexity index is 947. The molecule has 0 atom stereocenters. The minimum absolute atomic E-state index is 0.00626. The molecule has 0 spiro atoms. The van der Waals surface area contributed by atoms with Gasteiger partial charge in [0.2, 0.25) is 5.82 Å². The Labute approximate surface area is 154 Å². The summed E-state index contributed by atoms with van der Waals surface area (Å²) in [5.74, 6) is 1.45. The summed E-state index contributed by atoms with van der Waals surface area (Å²) in [6.07, 6.45) is 1.19. The first-order valence-corrected chi connectivity index (χ1v) is 7.83. The normalized spacial score (nSPS) is 10.1. The standard InChI is InChI=1S/C18H16N4O5/c1-25-13-6-8-14(9-7-13)27-18-16(22(23)24)17(19-11-20-18)21-12-4-3-5-15(10-12)26-2/h3-11H,1-2H3,(H,19,20,21). The Morgan fingerprint density at radius 2 is 1.67 bits per heavy atom. The van der Waals surface area contributed by atoms with Crippen molar-refractivity contribution < 1.29 is 19.1 Å². The smallest absolute Gasteiger partial charge is 0.373 e. The molecule has 0 unspecified atom stereocenters. The van der Waals surface area contributed by atoms with E-state index in [1.165, 1.54) is 13.4 Å². The average molecular weight is 368 g/mol. The number of rotatable bonds is 7. The molecule has 1 heterocycles. The molecule has 0 fully saturated rings. The molecule has 0 aliphatic rings. The number of nitrogens with zero attached hydrogens (tertiary/aromatic N) is 3. The van der Waals surface area contributed by atoms with Crippen LogP contribution >= 0.6 is 0 Å². The maximum absolute atomic E-state index is 11.6. The van der Waals surface area contributed by atoms with E-state index in [1.807, 2.05) is 0 Å². The number of hydrogen-bond donors (Lipinski definition) is 1. The van der Waals surface area contributed by atoms with E-state index in [9.17, 15) is 10.1 Å². The summed E-state index contributed by atoms with van der Waals surface area (Å²) in [6.45, 7) is 0. The molecule has 0 saturated heterocycles. The molecule has 0 aliphatic carbocycles. The second-order valence-corrected chi connectivity index (χ2v) is 5.27. The highest BCUT2D eigenvalue weighted by atomic mass is 16.6. The number of anilines is 2. The molecule has 138 valence electrons. The van der Waals surface area contributed by atoms with Gasteiger partial charge in [-0.25, -0.2) is 4.98 Å². The lowest BCUT2D eigenvalue weighted by Gasteiger charge is -2.10. The molecule has 1 aromatic heterocycles. The third-order valence-corrected chi connectivity index (χ3v) is 3.58. The zero-order valence-electron chi connectivity index (χ0n) is 14.6. The number of aromatic nitrogens is 2. The number of hydrogen-bond acceptors (Lipinski definition) is 8. The lowest BCUT2D eigenvalue weighted by Crippen LogP contribution is -2.03. The molecule has 27 heavy (non-hydrogen) atoms. The molecule has 9 nitrogen and oxygen atoms in total. The maximum Gasteiger partial charge on any atom is 0.373 e. The molecule has 2 aromatic carbocycles. The largest absolute Gasteiger partial charge is 0.497 e. The van der Waals surface area contributed by atoms with E-state index < -0.39 is 4.92 Å². The molecular formula is C18H16N4O5. The first-order chi connectivity index (χ1) is 13.1. The minimum Gasteiger partial charge on any atom is -0.497 e. The van der Waals surface area contributed by atoms with Gasteiger partial charge in [-0.15, -0.1) is 0 Å². The van der Waals surface area contributed by atoms with Crippen LogP contribution in [0.1, 0.15) is 0 Å². The van der Waals surface area contributed by atoms with Gasteiger partial charge in [0.05, 0.1) is 19.1 Å². The fourth-order valence-corrected chi connectivity index (χ4v) is 2.29. The Kier molecular flexibility index (Phi) is 5.31. The van der Waals surface area contributed by atoms with Crippen molar-refractivity contribution in [3.63, 3.8) is 0 Å². The topological polar surface area (TPSA) is 109 Å². The van der Waals surface area contributed by atoms with Crippen molar-refractivity contribution in [1.29, 1.82) is 0 Å². The van der Waals surface area contributed by atoms with Crippen molar-refractivity contribution in [2.24, 2.45) is 0 Å². The summed E-state index contributed by atoms with van der Waals surface area (Å²) in [6, 6.07) is 13.5. The van der Waals surface area contributed by atoms with Crippen LogP contribution in [-0.2, 0) is 0 Å². The Morgan fingerprint density at radius 1 is 0.963 bits per heavy atom. The van der Waals surface area contributed by atoms with Gasteiger partial charge < -0.3 is 19.5 Å². The summed E-state index contributed by atoms with van der Waals surface area (Å²) >= 11 is 0. The summed E-state index contributed by atoms with van der Waals surface area (Å²) < 4.78 is 15.8. The van der Waals surface area contributed by atoms with Gasteiger partial charge in [0.25, 0.3) is 0 Å². The fraction of sp³-hybridized carbons (Fsp3) is 0.111.